The van der Waals surface area contributed by atoms with E-state index in [4.69, 9.17) is 0 Å². The Morgan fingerprint density at radius 2 is 1.52 bits per heavy atom. The predicted molar refractivity (Wildman–Crippen MR) is 110 cm³/mol. The molecule has 0 bridgehead atoms. The maximum absolute atomic E-state index is 12.2. The molecular formula is C18H11Br2F3N4O2. The van der Waals surface area contributed by atoms with Crippen LogP contribution in [-0.4, -0.2) is 25.7 Å². The van der Waals surface area contributed by atoms with E-state index in [1.165, 1.54) is 12.4 Å². The summed E-state index contributed by atoms with van der Waals surface area (Å²) < 4.78 is 38.8. The highest BCUT2D eigenvalue weighted by molar-refractivity contribution is 9.10. The monoisotopic (exact) mass is 530 g/mol. The molecule has 0 radical (unpaired) electrons. The number of alkyl halides is 3. The number of aromatic nitrogens is 4. The van der Waals surface area contributed by atoms with Crippen molar-refractivity contribution in [3.05, 3.63) is 78.7 Å². The molecular weight excluding hydrogens is 521 g/mol. The summed E-state index contributed by atoms with van der Waals surface area (Å²) in [6, 6.07) is 9.98. The normalized spacial score (nSPS) is 11.3. The Morgan fingerprint density at radius 3 is 2.14 bits per heavy atom. The standard InChI is InChI=1S/C10H6BrF3N2O.C8H5BrN2O/c11-6-1-2-7-8(3-6)15-5-16(9(7)17)4-10(12,13)14;9-5-1-2-6-7(3-5)10-4-11-8(6)12/h1-3,5H,4H2;1-4H,(H,10,11,12). The zero-order valence-electron chi connectivity index (χ0n) is 14.4. The maximum atomic E-state index is 12.2. The van der Waals surface area contributed by atoms with Gasteiger partial charge in [-0.05, 0) is 36.4 Å². The van der Waals surface area contributed by atoms with Gasteiger partial charge in [0.25, 0.3) is 11.1 Å². The number of benzene rings is 2. The lowest BCUT2D eigenvalue weighted by atomic mass is 10.2. The Hall–Kier alpha value is -2.53. The Labute approximate surface area is 177 Å². The van der Waals surface area contributed by atoms with Gasteiger partial charge in [-0.2, -0.15) is 13.2 Å². The molecule has 0 spiro atoms. The Balaban J connectivity index is 0.000000176. The third-order valence-corrected chi connectivity index (χ3v) is 4.73. The van der Waals surface area contributed by atoms with Crippen LogP contribution in [0.5, 0.6) is 0 Å². The van der Waals surface area contributed by atoms with Gasteiger partial charge in [0, 0.05) is 8.95 Å². The molecule has 29 heavy (non-hydrogen) atoms. The molecule has 0 unspecified atom stereocenters. The molecule has 4 rings (SSSR count). The molecule has 150 valence electrons. The fraction of sp³-hybridized carbons (Fsp3) is 0.111. The first kappa shape index (κ1) is 21.2. The largest absolute Gasteiger partial charge is 0.406 e. The summed E-state index contributed by atoms with van der Waals surface area (Å²) in [6.07, 6.45) is -2.13. The maximum Gasteiger partial charge on any atom is 0.406 e. The van der Waals surface area contributed by atoms with Crippen LogP contribution in [0.3, 0.4) is 0 Å². The minimum absolute atomic E-state index is 0.104. The molecule has 4 aromatic rings. The lowest BCUT2D eigenvalue weighted by molar-refractivity contribution is -0.141. The second-order valence-corrected chi connectivity index (χ2v) is 7.68. The van der Waals surface area contributed by atoms with Crippen LogP contribution in [0, 0.1) is 0 Å². The smallest absolute Gasteiger partial charge is 0.313 e. The molecule has 0 aliphatic carbocycles. The first-order valence-electron chi connectivity index (χ1n) is 7.98. The zero-order valence-corrected chi connectivity index (χ0v) is 17.5. The van der Waals surface area contributed by atoms with Crippen molar-refractivity contribution in [2.24, 2.45) is 0 Å². The number of nitrogens with one attached hydrogen (secondary N) is 1. The number of nitrogens with zero attached hydrogens (tertiary/aromatic N) is 3. The third kappa shape index (κ3) is 5.30. The Bertz CT molecular complexity index is 1300. The van der Waals surface area contributed by atoms with Gasteiger partial charge < -0.3 is 4.98 Å². The number of aromatic amines is 1. The second-order valence-electron chi connectivity index (χ2n) is 5.85. The summed E-state index contributed by atoms with van der Waals surface area (Å²) in [7, 11) is 0. The van der Waals surface area contributed by atoms with Crippen molar-refractivity contribution >= 4 is 53.7 Å². The minimum atomic E-state index is -4.44. The van der Waals surface area contributed by atoms with Gasteiger partial charge in [-0.15, -0.1) is 0 Å². The predicted octanol–water partition coefficient (Wildman–Crippen LogP) is 4.41. The lowest BCUT2D eigenvalue weighted by Gasteiger charge is -2.09. The Morgan fingerprint density at radius 1 is 0.931 bits per heavy atom. The van der Waals surface area contributed by atoms with Crippen molar-refractivity contribution in [1.82, 2.24) is 19.5 Å². The van der Waals surface area contributed by atoms with Crippen molar-refractivity contribution in [3.8, 4) is 0 Å². The summed E-state index contributed by atoms with van der Waals surface area (Å²) in [5.74, 6) is 0. The van der Waals surface area contributed by atoms with E-state index in [1.807, 2.05) is 12.1 Å². The molecule has 1 N–H and O–H groups in total. The minimum Gasteiger partial charge on any atom is -0.313 e. The van der Waals surface area contributed by atoms with Crippen molar-refractivity contribution in [3.63, 3.8) is 0 Å². The lowest BCUT2D eigenvalue weighted by Crippen LogP contribution is -2.28. The van der Waals surface area contributed by atoms with E-state index in [0.717, 1.165) is 10.8 Å². The molecule has 2 aromatic heterocycles. The van der Waals surface area contributed by atoms with Gasteiger partial charge in [0.05, 0.1) is 34.5 Å². The van der Waals surface area contributed by atoms with Crippen LogP contribution in [-0.2, 0) is 6.54 Å². The summed E-state index contributed by atoms with van der Waals surface area (Å²) in [5, 5.41) is 0.778. The number of hydrogen-bond donors (Lipinski definition) is 1. The van der Waals surface area contributed by atoms with Crippen LogP contribution in [0.1, 0.15) is 0 Å². The van der Waals surface area contributed by atoms with Crippen LogP contribution in [0.25, 0.3) is 21.8 Å². The molecule has 2 heterocycles. The summed E-state index contributed by atoms with van der Waals surface area (Å²) >= 11 is 6.50. The molecule has 11 heteroatoms. The second kappa shape index (κ2) is 8.46. The molecule has 0 saturated carbocycles. The van der Waals surface area contributed by atoms with E-state index in [-0.39, 0.29) is 10.9 Å². The first-order chi connectivity index (χ1) is 13.6. The molecule has 0 aliphatic heterocycles. The fourth-order valence-electron chi connectivity index (χ4n) is 2.48. The van der Waals surface area contributed by atoms with E-state index in [1.54, 1.807) is 18.2 Å². The number of fused-ring (bicyclic) bond motifs is 2. The highest BCUT2D eigenvalue weighted by Gasteiger charge is 2.28. The summed E-state index contributed by atoms with van der Waals surface area (Å²) in [5.41, 5.74) is 0.267. The van der Waals surface area contributed by atoms with Gasteiger partial charge in [0.2, 0.25) is 0 Å². The van der Waals surface area contributed by atoms with E-state index < -0.39 is 18.3 Å². The zero-order chi connectivity index (χ0) is 21.2. The van der Waals surface area contributed by atoms with Crippen LogP contribution < -0.4 is 11.1 Å². The average Bonchev–Trinajstić information content (AvgIpc) is 2.64. The molecule has 6 nitrogen and oxygen atoms in total. The van der Waals surface area contributed by atoms with Crippen LogP contribution in [0.15, 0.2) is 67.6 Å². The van der Waals surface area contributed by atoms with Crippen LogP contribution in [0.4, 0.5) is 13.2 Å². The van der Waals surface area contributed by atoms with Gasteiger partial charge in [-0.25, -0.2) is 9.97 Å². The fourth-order valence-corrected chi connectivity index (χ4v) is 3.18. The Kier molecular flexibility index (Phi) is 6.18. The van der Waals surface area contributed by atoms with Crippen LogP contribution in [0.2, 0.25) is 0 Å². The molecule has 2 aromatic carbocycles. The quantitative estimate of drug-likeness (QED) is 0.394. The first-order valence-corrected chi connectivity index (χ1v) is 9.57. The van der Waals surface area contributed by atoms with E-state index in [2.05, 4.69) is 46.8 Å². The van der Waals surface area contributed by atoms with Crippen molar-refractivity contribution in [2.75, 3.05) is 0 Å². The van der Waals surface area contributed by atoms with Gasteiger partial charge in [0.1, 0.15) is 6.54 Å². The van der Waals surface area contributed by atoms with Crippen LogP contribution >= 0.6 is 31.9 Å². The number of hydrogen-bond acceptors (Lipinski definition) is 4. The topological polar surface area (TPSA) is 80.6 Å². The van der Waals surface area contributed by atoms with E-state index in [9.17, 15) is 22.8 Å². The van der Waals surface area contributed by atoms with Gasteiger partial charge in [-0.1, -0.05) is 31.9 Å². The van der Waals surface area contributed by atoms with E-state index in [0.29, 0.717) is 25.5 Å². The third-order valence-electron chi connectivity index (χ3n) is 3.74. The van der Waals surface area contributed by atoms with Gasteiger partial charge in [0.15, 0.2) is 0 Å². The molecule has 0 amide bonds. The molecule has 0 aliphatic rings. The number of H-pyrrole nitrogens is 1. The SMILES string of the molecule is O=c1[nH]cnc2cc(Br)ccc12.O=c1c2ccc(Br)cc2ncn1CC(F)(F)F. The van der Waals surface area contributed by atoms with Crippen molar-refractivity contribution < 1.29 is 13.2 Å². The average molecular weight is 532 g/mol. The number of halogens is 5. The van der Waals surface area contributed by atoms with Crippen molar-refractivity contribution in [2.45, 2.75) is 12.7 Å². The summed E-state index contributed by atoms with van der Waals surface area (Å²) in [6.45, 7) is -1.33. The van der Waals surface area contributed by atoms with E-state index >= 15 is 0 Å². The van der Waals surface area contributed by atoms with Gasteiger partial charge >= 0.3 is 6.18 Å². The highest BCUT2D eigenvalue weighted by atomic mass is 79.9. The summed E-state index contributed by atoms with van der Waals surface area (Å²) in [4.78, 5) is 33.3. The molecule has 0 atom stereocenters. The van der Waals surface area contributed by atoms with Gasteiger partial charge in [-0.3, -0.25) is 14.2 Å². The molecule has 0 fully saturated rings. The molecule has 0 saturated heterocycles. The highest BCUT2D eigenvalue weighted by Crippen LogP contribution is 2.18. The van der Waals surface area contributed by atoms with Crippen molar-refractivity contribution in [1.29, 1.82) is 0 Å². The number of rotatable bonds is 1.